The van der Waals surface area contributed by atoms with E-state index >= 15 is 0 Å². The summed E-state index contributed by atoms with van der Waals surface area (Å²) in [6.07, 6.45) is 10.4. The predicted molar refractivity (Wildman–Crippen MR) is 60.9 cm³/mol. The first-order valence-electron chi connectivity index (χ1n) is 4.85. The van der Waals surface area contributed by atoms with Gasteiger partial charge in [0.2, 0.25) is 0 Å². The van der Waals surface area contributed by atoms with E-state index in [0.717, 1.165) is 23.3 Å². The van der Waals surface area contributed by atoms with E-state index in [1.165, 1.54) is 0 Å². The second-order valence-electron chi connectivity index (χ2n) is 3.26. The van der Waals surface area contributed by atoms with Crippen molar-refractivity contribution in [3.8, 4) is 0 Å². The second kappa shape index (κ2) is 4.92. The molecule has 0 atom stereocenters. The van der Waals surface area contributed by atoms with Crippen molar-refractivity contribution >= 4 is 11.9 Å². The van der Waals surface area contributed by atoms with E-state index in [1.54, 1.807) is 6.08 Å². The fourth-order valence-corrected chi connectivity index (χ4v) is 1.60. The highest BCUT2D eigenvalue weighted by molar-refractivity contribution is 5.90. The van der Waals surface area contributed by atoms with Gasteiger partial charge in [-0.3, -0.25) is 4.79 Å². The van der Waals surface area contributed by atoms with Crippen molar-refractivity contribution in [2.24, 2.45) is 0 Å². The normalized spacial score (nSPS) is 18.0. The lowest BCUT2D eigenvalue weighted by atomic mass is 9.91. The van der Waals surface area contributed by atoms with Crippen LogP contribution in [-0.2, 0) is 4.79 Å². The van der Waals surface area contributed by atoms with Crippen LogP contribution in [-0.4, -0.2) is 6.29 Å². The average molecular weight is 195 g/mol. The summed E-state index contributed by atoms with van der Waals surface area (Å²) in [6, 6.07) is 9.91. The zero-order chi connectivity index (χ0) is 10.5. The molecular weight excluding hydrogens is 184 g/mol. The zero-order valence-electron chi connectivity index (χ0n) is 8.26. The maximum absolute atomic E-state index is 10.6. The smallest absolute Gasteiger partial charge is 0.143 e. The Morgan fingerprint density at radius 1 is 1.00 bits per heavy atom. The Bertz CT molecular complexity index is 345. The van der Waals surface area contributed by atoms with E-state index < -0.39 is 0 Å². The van der Waals surface area contributed by atoms with Gasteiger partial charge < -0.3 is 0 Å². The third-order valence-corrected chi connectivity index (χ3v) is 2.29. The van der Waals surface area contributed by atoms with Crippen LogP contribution in [0.15, 0.2) is 36.4 Å². The van der Waals surface area contributed by atoms with Gasteiger partial charge in [-0.1, -0.05) is 30.3 Å². The minimum absolute atomic E-state index is 0.829. The maximum Gasteiger partial charge on any atom is 0.143 e. The van der Waals surface area contributed by atoms with Crippen molar-refractivity contribution in [1.82, 2.24) is 0 Å². The van der Waals surface area contributed by atoms with Crippen molar-refractivity contribution in [2.45, 2.75) is 0 Å². The zero-order valence-corrected chi connectivity index (χ0v) is 8.26. The lowest BCUT2D eigenvalue weighted by Crippen LogP contribution is -1.97. The Labute approximate surface area is 90.8 Å². The Morgan fingerprint density at radius 3 is 2.27 bits per heavy atom. The summed E-state index contributed by atoms with van der Waals surface area (Å²) in [5.74, 6) is 1.08. The van der Waals surface area contributed by atoms with Crippen LogP contribution in [0.1, 0.15) is 5.56 Å². The fourth-order valence-electron chi connectivity index (χ4n) is 1.60. The van der Waals surface area contributed by atoms with Gasteiger partial charge in [0.05, 0.1) is 0 Å². The molecule has 73 valence electrons. The van der Waals surface area contributed by atoms with Crippen LogP contribution in [0.4, 0.5) is 0 Å². The Hall–Kier alpha value is -1.37. The molecule has 0 heterocycles. The SMILES string of the molecule is O=C/C=C(\[C]1[CH][CH][CH][CH]1)c1ccccc1. The molecule has 1 aliphatic carbocycles. The summed E-state index contributed by atoms with van der Waals surface area (Å²) < 4.78 is 0. The molecule has 5 radical (unpaired) electrons. The topological polar surface area (TPSA) is 17.1 Å². The Kier molecular flexibility index (Phi) is 3.33. The van der Waals surface area contributed by atoms with Crippen LogP contribution < -0.4 is 0 Å². The van der Waals surface area contributed by atoms with E-state index in [9.17, 15) is 4.79 Å². The number of carbonyl (C=O) groups is 1. The number of rotatable bonds is 3. The van der Waals surface area contributed by atoms with Gasteiger partial charge >= 0.3 is 0 Å². The van der Waals surface area contributed by atoms with Gasteiger partial charge in [0, 0.05) is 5.92 Å². The molecule has 0 aromatic heterocycles. The number of allylic oxidation sites excluding steroid dienone is 2. The van der Waals surface area contributed by atoms with Crippen molar-refractivity contribution in [3.63, 3.8) is 0 Å². The van der Waals surface area contributed by atoms with Gasteiger partial charge in [0.1, 0.15) is 6.29 Å². The molecule has 15 heavy (non-hydrogen) atoms. The largest absolute Gasteiger partial charge is 0.299 e. The van der Waals surface area contributed by atoms with E-state index in [4.69, 9.17) is 0 Å². The van der Waals surface area contributed by atoms with Gasteiger partial charge in [-0.25, -0.2) is 0 Å². The lowest BCUT2D eigenvalue weighted by molar-refractivity contribution is -0.104. The first-order valence-corrected chi connectivity index (χ1v) is 4.85. The number of hydrogen-bond acceptors (Lipinski definition) is 1. The van der Waals surface area contributed by atoms with Gasteiger partial charge in [0.25, 0.3) is 0 Å². The van der Waals surface area contributed by atoms with Crippen LogP contribution in [0.2, 0.25) is 0 Å². The van der Waals surface area contributed by atoms with E-state index in [2.05, 4.69) is 0 Å². The molecule has 0 spiro atoms. The summed E-state index contributed by atoms with van der Waals surface area (Å²) in [5, 5.41) is 0. The molecule has 1 nitrogen and oxygen atoms in total. The molecule has 0 unspecified atom stereocenters. The molecule has 0 bridgehead atoms. The Balaban J connectivity index is 2.27. The summed E-state index contributed by atoms with van der Waals surface area (Å²) in [4.78, 5) is 10.6. The molecule has 0 saturated heterocycles. The van der Waals surface area contributed by atoms with Crippen LogP contribution in [0.3, 0.4) is 0 Å². The molecule has 1 fully saturated rings. The summed E-state index contributed by atoms with van der Waals surface area (Å²) in [7, 11) is 0. The van der Waals surface area contributed by atoms with Gasteiger partial charge in [-0.2, -0.15) is 0 Å². The molecule has 1 aliphatic rings. The molecule has 1 aromatic rings. The molecule has 0 aliphatic heterocycles. The van der Waals surface area contributed by atoms with E-state index in [-0.39, 0.29) is 0 Å². The first-order chi connectivity index (χ1) is 7.42. The van der Waals surface area contributed by atoms with Crippen LogP contribution >= 0.6 is 0 Å². The molecular formula is C14H11O. The number of carbonyl (C=O) groups excluding carboxylic acids is 1. The highest BCUT2D eigenvalue weighted by Gasteiger charge is 2.21. The van der Waals surface area contributed by atoms with Crippen molar-refractivity contribution < 1.29 is 4.79 Å². The molecule has 2 rings (SSSR count). The number of hydrogen-bond donors (Lipinski definition) is 0. The summed E-state index contributed by atoms with van der Waals surface area (Å²) in [5.41, 5.74) is 2.03. The van der Waals surface area contributed by atoms with Crippen LogP contribution in [0, 0.1) is 31.6 Å². The third-order valence-electron chi connectivity index (χ3n) is 2.29. The summed E-state index contributed by atoms with van der Waals surface area (Å²) >= 11 is 0. The molecule has 1 saturated carbocycles. The predicted octanol–water partition coefficient (Wildman–Crippen LogP) is 2.67. The minimum atomic E-state index is 0.829. The highest BCUT2D eigenvalue weighted by atomic mass is 16.1. The molecule has 1 aromatic carbocycles. The standard InChI is InChI=1S/C14H11O/c15-11-10-14(13-8-4-5-9-13)12-6-2-1-3-7-12/h1-11H/b14-10-. The summed E-state index contributed by atoms with van der Waals surface area (Å²) in [6.45, 7) is 0. The van der Waals surface area contributed by atoms with E-state index in [0.29, 0.717) is 0 Å². The number of benzene rings is 1. The van der Waals surface area contributed by atoms with E-state index in [1.807, 2.05) is 56.0 Å². The molecule has 0 amide bonds. The van der Waals surface area contributed by atoms with Crippen molar-refractivity contribution in [2.75, 3.05) is 0 Å². The maximum atomic E-state index is 10.6. The van der Waals surface area contributed by atoms with Gasteiger partial charge in [-0.15, -0.1) is 0 Å². The fraction of sp³-hybridized carbons (Fsp3) is 0. The molecule has 0 N–H and O–H groups in total. The second-order valence-corrected chi connectivity index (χ2v) is 3.26. The monoisotopic (exact) mass is 195 g/mol. The Morgan fingerprint density at radius 2 is 1.67 bits per heavy atom. The van der Waals surface area contributed by atoms with Crippen LogP contribution in [0.25, 0.3) is 5.57 Å². The quantitative estimate of drug-likeness (QED) is 0.535. The van der Waals surface area contributed by atoms with Crippen molar-refractivity contribution in [1.29, 1.82) is 0 Å². The highest BCUT2D eigenvalue weighted by Crippen LogP contribution is 2.35. The lowest BCUT2D eigenvalue weighted by Gasteiger charge is -2.12. The van der Waals surface area contributed by atoms with Gasteiger partial charge in [-0.05, 0) is 42.9 Å². The number of aldehydes is 1. The van der Waals surface area contributed by atoms with Crippen molar-refractivity contribution in [3.05, 3.63) is 73.6 Å². The van der Waals surface area contributed by atoms with Gasteiger partial charge in [0.15, 0.2) is 0 Å². The average Bonchev–Trinajstić information content (AvgIpc) is 2.80. The van der Waals surface area contributed by atoms with Crippen LogP contribution in [0.5, 0.6) is 0 Å². The minimum Gasteiger partial charge on any atom is -0.299 e. The molecule has 1 heteroatoms. The first kappa shape index (κ1) is 10.2. The third kappa shape index (κ3) is 2.35.